The molecule has 0 spiro atoms. The number of carbonyl (C=O) groups is 1. The highest BCUT2D eigenvalue weighted by Crippen LogP contribution is 2.42. The predicted molar refractivity (Wildman–Crippen MR) is 92.6 cm³/mol. The zero-order valence-corrected chi connectivity index (χ0v) is 14.2. The molecule has 134 valence electrons. The van der Waals surface area contributed by atoms with Crippen LogP contribution in [0.5, 0.6) is 0 Å². The third kappa shape index (κ3) is 2.57. The maximum absolute atomic E-state index is 12.4. The van der Waals surface area contributed by atoms with Crippen LogP contribution in [0, 0.1) is 0 Å². The summed E-state index contributed by atoms with van der Waals surface area (Å²) in [5.74, 6) is 1.75. The van der Waals surface area contributed by atoms with Crippen LogP contribution < -0.4 is 5.32 Å². The first-order valence-corrected chi connectivity index (χ1v) is 9.02. The first-order valence-electron chi connectivity index (χ1n) is 9.02. The van der Waals surface area contributed by atoms with E-state index < -0.39 is 0 Å². The predicted octanol–water partition coefficient (Wildman–Crippen LogP) is 1.43. The number of imidazole rings is 1. The van der Waals surface area contributed by atoms with Crippen LogP contribution in [0.2, 0.25) is 0 Å². The van der Waals surface area contributed by atoms with E-state index in [1.54, 1.807) is 6.20 Å². The van der Waals surface area contributed by atoms with Crippen LogP contribution in [0.25, 0.3) is 5.65 Å². The van der Waals surface area contributed by atoms with Crippen LogP contribution in [-0.2, 0) is 6.61 Å². The summed E-state index contributed by atoms with van der Waals surface area (Å²) in [6, 6.07) is 6.24. The van der Waals surface area contributed by atoms with Crippen molar-refractivity contribution in [2.75, 3.05) is 0 Å². The molecule has 0 aromatic carbocycles. The lowest BCUT2D eigenvalue weighted by atomic mass is 9.79. The first-order chi connectivity index (χ1) is 12.7. The lowest BCUT2D eigenvalue weighted by Crippen LogP contribution is -2.44. The minimum absolute atomic E-state index is 0.0791. The van der Waals surface area contributed by atoms with Crippen LogP contribution in [-0.4, -0.2) is 41.2 Å². The van der Waals surface area contributed by atoms with Crippen molar-refractivity contribution >= 4 is 11.6 Å². The smallest absolute Gasteiger partial charge is 0.271 e. The fraction of sp³-hybridized carbons (Fsp3) is 0.444. The third-order valence-corrected chi connectivity index (χ3v) is 5.28. The maximum Gasteiger partial charge on any atom is 0.271 e. The SMILES string of the molecule is O=C(NC1CC(c2nnc(CO)n2C2CC2)C1)c1cn2ccccc2n1. The second kappa shape index (κ2) is 5.91. The Labute approximate surface area is 149 Å². The normalized spacial score (nSPS) is 22.3. The average molecular weight is 352 g/mol. The van der Waals surface area contributed by atoms with Crippen molar-refractivity contribution in [1.29, 1.82) is 0 Å². The Kier molecular flexibility index (Phi) is 3.53. The molecule has 2 fully saturated rings. The van der Waals surface area contributed by atoms with E-state index in [-0.39, 0.29) is 24.5 Å². The molecular formula is C18H20N6O2. The number of pyridine rings is 1. The van der Waals surface area contributed by atoms with Gasteiger partial charge in [0.05, 0.1) is 0 Å². The number of hydrogen-bond donors (Lipinski definition) is 2. The molecule has 2 aliphatic rings. The first kappa shape index (κ1) is 15.5. The molecule has 0 bridgehead atoms. The largest absolute Gasteiger partial charge is 0.388 e. The number of amides is 1. The van der Waals surface area contributed by atoms with Gasteiger partial charge in [-0.15, -0.1) is 10.2 Å². The summed E-state index contributed by atoms with van der Waals surface area (Å²) in [4.78, 5) is 16.8. The van der Waals surface area contributed by atoms with Gasteiger partial charge in [0.1, 0.15) is 23.8 Å². The van der Waals surface area contributed by atoms with E-state index in [1.165, 1.54) is 0 Å². The lowest BCUT2D eigenvalue weighted by molar-refractivity contribution is 0.0902. The zero-order valence-electron chi connectivity index (χ0n) is 14.2. The van der Waals surface area contributed by atoms with Crippen molar-refractivity contribution in [3.8, 4) is 0 Å². The summed E-state index contributed by atoms with van der Waals surface area (Å²) in [7, 11) is 0. The zero-order chi connectivity index (χ0) is 17.7. The van der Waals surface area contributed by atoms with Crippen LogP contribution in [0.15, 0.2) is 30.6 Å². The molecule has 0 radical (unpaired) electrons. The van der Waals surface area contributed by atoms with Gasteiger partial charge >= 0.3 is 0 Å². The van der Waals surface area contributed by atoms with Crippen molar-refractivity contribution in [1.82, 2.24) is 29.5 Å². The lowest BCUT2D eigenvalue weighted by Gasteiger charge is -2.35. The number of hydrogen-bond acceptors (Lipinski definition) is 5. The van der Waals surface area contributed by atoms with E-state index in [2.05, 4.69) is 25.1 Å². The van der Waals surface area contributed by atoms with E-state index in [0.717, 1.165) is 37.2 Å². The third-order valence-electron chi connectivity index (χ3n) is 5.28. The molecule has 0 saturated heterocycles. The Morgan fingerprint density at radius 2 is 2.12 bits per heavy atom. The summed E-state index contributed by atoms with van der Waals surface area (Å²) < 4.78 is 3.94. The van der Waals surface area contributed by atoms with Gasteiger partial charge in [0.2, 0.25) is 0 Å². The van der Waals surface area contributed by atoms with Gasteiger partial charge in [-0.1, -0.05) is 6.07 Å². The van der Waals surface area contributed by atoms with Gasteiger partial charge in [0.25, 0.3) is 5.91 Å². The maximum atomic E-state index is 12.4. The fourth-order valence-electron chi connectivity index (χ4n) is 3.70. The molecule has 2 N–H and O–H groups in total. The highest BCUT2D eigenvalue weighted by atomic mass is 16.3. The summed E-state index contributed by atoms with van der Waals surface area (Å²) in [6.07, 6.45) is 7.56. The number of aliphatic hydroxyl groups is 1. The van der Waals surface area contributed by atoms with Gasteiger partial charge in [-0.25, -0.2) is 4.98 Å². The van der Waals surface area contributed by atoms with Crippen molar-refractivity contribution in [3.05, 3.63) is 47.9 Å². The monoisotopic (exact) mass is 352 g/mol. The van der Waals surface area contributed by atoms with Gasteiger partial charge in [-0.3, -0.25) is 4.79 Å². The Hall–Kier alpha value is -2.74. The highest BCUT2D eigenvalue weighted by molar-refractivity contribution is 5.93. The molecule has 3 aromatic heterocycles. The number of nitrogens with zero attached hydrogens (tertiary/aromatic N) is 5. The second-order valence-corrected chi connectivity index (χ2v) is 7.16. The fourth-order valence-corrected chi connectivity index (χ4v) is 3.70. The molecule has 8 heteroatoms. The van der Waals surface area contributed by atoms with Crippen LogP contribution >= 0.6 is 0 Å². The summed E-state index contributed by atoms with van der Waals surface area (Å²) in [6.45, 7) is -0.0791. The van der Waals surface area contributed by atoms with E-state index in [0.29, 0.717) is 17.6 Å². The number of nitrogens with one attached hydrogen (secondary N) is 1. The minimum Gasteiger partial charge on any atom is -0.388 e. The number of aliphatic hydroxyl groups excluding tert-OH is 1. The Morgan fingerprint density at radius 1 is 1.27 bits per heavy atom. The van der Waals surface area contributed by atoms with E-state index in [4.69, 9.17) is 0 Å². The average Bonchev–Trinajstić information content (AvgIpc) is 3.22. The molecule has 3 aromatic rings. The van der Waals surface area contributed by atoms with Gasteiger partial charge in [0.15, 0.2) is 5.82 Å². The van der Waals surface area contributed by atoms with Crippen LogP contribution in [0.1, 0.15) is 59.8 Å². The molecule has 0 unspecified atom stereocenters. The van der Waals surface area contributed by atoms with Crippen molar-refractivity contribution in [2.45, 2.75) is 50.3 Å². The van der Waals surface area contributed by atoms with Gasteiger partial charge in [-0.2, -0.15) is 0 Å². The molecule has 8 nitrogen and oxygen atoms in total. The van der Waals surface area contributed by atoms with Gasteiger partial charge in [-0.05, 0) is 37.8 Å². The van der Waals surface area contributed by atoms with Crippen LogP contribution in [0.4, 0.5) is 0 Å². The van der Waals surface area contributed by atoms with Gasteiger partial charge in [0, 0.05) is 30.4 Å². The van der Waals surface area contributed by atoms with E-state index in [9.17, 15) is 9.90 Å². The quantitative estimate of drug-likeness (QED) is 0.724. The van der Waals surface area contributed by atoms with Crippen molar-refractivity contribution < 1.29 is 9.90 Å². The molecule has 0 atom stereocenters. The topological polar surface area (TPSA) is 97.3 Å². The number of aromatic nitrogens is 5. The molecule has 3 heterocycles. The molecule has 2 saturated carbocycles. The van der Waals surface area contributed by atoms with Gasteiger partial charge < -0.3 is 19.4 Å². The summed E-state index contributed by atoms with van der Waals surface area (Å²) in [5.41, 5.74) is 1.20. The molecule has 1 amide bonds. The number of rotatable bonds is 5. The van der Waals surface area contributed by atoms with E-state index in [1.807, 2.05) is 28.8 Å². The Morgan fingerprint density at radius 3 is 2.85 bits per heavy atom. The Balaban J connectivity index is 1.25. The summed E-state index contributed by atoms with van der Waals surface area (Å²) >= 11 is 0. The molecule has 5 rings (SSSR count). The van der Waals surface area contributed by atoms with Crippen molar-refractivity contribution in [2.24, 2.45) is 0 Å². The molecule has 2 aliphatic carbocycles. The second-order valence-electron chi connectivity index (χ2n) is 7.16. The molecular weight excluding hydrogens is 332 g/mol. The molecule has 26 heavy (non-hydrogen) atoms. The van der Waals surface area contributed by atoms with E-state index >= 15 is 0 Å². The standard InChI is InChI=1S/C18H20N6O2/c25-10-16-21-22-17(24(16)13-4-5-13)11-7-12(8-11)19-18(26)14-9-23-6-2-1-3-15(23)20-14/h1-3,6,9,11-13,25H,4-5,7-8,10H2,(H,19,26). The van der Waals surface area contributed by atoms with Crippen molar-refractivity contribution in [3.63, 3.8) is 0 Å². The highest BCUT2D eigenvalue weighted by Gasteiger charge is 2.38. The minimum atomic E-state index is -0.142. The van der Waals surface area contributed by atoms with Crippen LogP contribution in [0.3, 0.4) is 0 Å². The number of carbonyl (C=O) groups excluding carboxylic acids is 1. The molecule has 0 aliphatic heterocycles. The Bertz CT molecular complexity index is 934. The number of fused-ring (bicyclic) bond motifs is 1. The summed E-state index contributed by atoms with van der Waals surface area (Å²) in [5, 5.41) is 20.9.